The summed E-state index contributed by atoms with van der Waals surface area (Å²) in [6.45, 7) is 0.0556. The monoisotopic (exact) mass is 625 g/mol. The molecule has 45 heavy (non-hydrogen) atoms. The number of methoxy groups -OCH3 is 5. The summed E-state index contributed by atoms with van der Waals surface area (Å²) in [5.41, 5.74) is 0.0320. The zero-order valence-electron chi connectivity index (χ0n) is 26.5. The van der Waals surface area contributed by atoms with Gasteiger partial charge in [-0.1, -0.05) is 0 Å². The van der Waals surface area contributed by atoms with Crippen LogP contribution >= 0.6 is 0 Å². The van der Waals surface area contributed by atoms with Crippen LogP contribution < -0.4 is 9.80 Å². The van der Waals surface area contributed by atoms with Gasteiger partial charge in [-0.25, -0.2) is 9.59 Å². The number of hydrogen-bond acceptors (Lipinski definition) is 13. The Balaban J connectivity index is 2.39. The third-order valence-electron chi connectivity index (χ3n) is 7.50. The second-order valence-electron chi connectivity index (χ2n) is 10.4. The normalized spacial score (nSPS) is 13.1. The quantitative estimate of drug-likeness (QED) is 0.210. The van der Waals surface area contributed by atoms with Crippen LogP contribution in [0.3, 0.4) is 0 Å². The van der Waals surface area contributed by atoms with Gasteiger partial charge in [0.1, 0.15) is 0 Å². The molecule has 242 valence electrons. The van der Waals surface area contributed by atoms with E-state index in [2.05, 4.69) is 0 Å². The van der Waals surface area contributed by atoms with Crippen LogP contribution in [-0.2, 0) is 38.1 Å². The Morgan fingerprint density at radius 2 is 1.00 bits per heavy atom. The maximum Gasteiger partial charge on any atom is 0.337 e. The highest BCUT2D eigenvalue weighted by Gasteiger charge is 2.47. The van der Waals surface area contributed by atoms with Crippen molar-refractivity contribution in [2.24, 2.45) is 17.3 Å². The van der Waals surface area contributed by atoms with Crippen LogP contribution in [-0.4, -0.2) is 92.6 Å². The summed E-state index contributed by atoms with van der Waals surface area (Å²) >= 11 is 0. The molecule has 0 fully saturated rings. The molecule has 0 saturated carbocycles. The molecule has 0 aliphatic rings. The molecule has 0 amide bonds. The van der Waals surface area contributed by atoms with Crippen LogP contribution in [0.5, 0.6) is 0 Å². The Hall–Kier alpha value is -5.12. The van der Waals surface area contributed by atoms with Crippen molar-refractivity contribution in [3.63, 3.8) is 0 Å². The number of nitriles is 1. The van der Waals surface area contributed by atoms with Crippen LogP contribution in [0.1, 0.15) is 33.6 Å². The van der Waals surface area contributed by atoms with Gasteiger partial charge in [-0.15, -0.1) is 0 Å². The Kier molecular flexibility index (Phi) is 13.3. The van der Waals surface area contributed by atoms with Gasteiger partial charge in [-0.05, 0) is 61.4 Å². The average Bonchev–Trinajstić information content (AvgIpc) is 3.08. The zero-order chi connectivity index (χ0) is 33.7. The predicted molar refractivity (Wildman–Crippen MR) is 162 cm³/mol. The molecule has 0 spiro atoms. The lowest BCUT2D eigenvalue weighted by Gasteiger charge is -2.33. The number of hydrogen-bond donors (Lipinski definition) is 0. The Morgan fingerprint density at radius 1 is 0.644 bits per heavy atom. The predicted octanol–water partition coefficient (Wildman–Crippen LogP) is 2.87. The summed E-state index contributed by atoms with van der Waals surface area (Å²) < 4.78 is 24.5. The van der Waals surface area contributed by atoms with Crippen LogP contribution in [0.4, 0.5) is 11.4 Å². The number of rotatable bonds is 15. The van der Waals surface area contributed by atoms with Gasteiger partial charge in [0.15, 0.2) is 5.41 Å². The van der Waals surface area contributed by atoms with Gasteiger partial charge in [0.25, 0.3) is 0 Å². The van der Waals surface area contributed by atoms with E-state index in [-0.39, 0.29) is 25.9 Å². The lowest BCUT2D eigenvalue weighted by Crippen LogP contribution is -2.43. The minimum Gasteiger partial charge on any atom is -0.469 e. The van der Waals surface area contributed by atoms with Crippen LogP contribution in [0.2, 0.25) is 0 Å². The molecule has 0 aromatic heterocycles. The summed E-state index contributed by atoms with van der Waals surface area (Å²) in [5.74, 6) is -5.26. The van der Waals surface area contributed by atoms with Crippen molar-refractivity contribution in [1.29, 1.82) is 5.26 Å². The number of carbonyl (C=O) groups excluding carboxylic acids is 5. The third-order valence-corrected chi connectivity index (χ3v) is 7.50. The fraction of sp³-hybridized carbons (Fsp3) is 0.438. The molecule has 0 aliphatic carbocycles. The lowest BCUT2D eigenvalue weighted by atomic mass is 9.73. The van der Waals surface area contributed by atoms with Crippen molar-refractivity contribution in [3.05, 3.63) is 59.7 Å². The van der Waals surface area contributed by atoms with Crippen molar-refractivity contribution in [1.82, 2.24) is 0 Å². The molecule has 13 heteroatoms. The minimum absolute atomic E-state index is 0.0278. The number of nitrogens with zero attached hydrogens (tertiary/aromatic N) is 3. The number of esters is 5. The first-order chi connectivity index (χ1) is 21.4. The Bertz CT molecular complexity index is 1300. The molecule has 2 aromatic carbocycles. The summed E-state index contributed by atoms with van der Waals surface area (Å²) in [6, 6.07) is 15.0. The van der Waals surface area contributed by atoms with Crippen LogP contribution in [0, 0.1) is 28.6 Å². The largest absolute Gasteiger partial charge is 0.469 e. The number of carbonyl (C=O) groups is 5. The number of ether oxygens (including phenoxy) is 5. The number of benzene rings is 2. The molecule has 13 nitrogen and oxygen atoms in total. The molecule has 0 saturated heterocycles. The SMILES string of the molecule is COC(=O)c1ccc(N(C)CC(CC(C#N)(CC(CN(C)c2ccc(C(=O)OC)cc2)C(=O)OC)C(=O)OC)C(=O)OC)cc1. The summed E-state index contributed by atoms with van der Waals surface area (Å²) in [6.07, 6.45) is -0.642. The van der Waals surface area contributed by atoms with Crippen molar-refractivity contribution < 1.29 is 47.7 Å². The van der Waals surface area contributed by atoms with E-state index in [9.17, 15) is 29.2 Å². The molecule has 0 heterocycles. The Labute approximate surface area is 262 Å². The molecule has 2 atom stereocenters. The molecule has 0 aliphatic heterocycles. The summed E-state index contributed by atoms with van der Waals surface area (Å²) in [5, 5.41) is 10.4. The summed E-state index contributed by atoms with van der Waals surface area (Å²) in [7, 11) is 9.48. The van der Waals surface area contributed by atoms with E-state index < -0.39 is 47.1 Å². The third kappa shape index (κ3) is 9.18. The molecule has 2 aromatic rings. The van der Waals surface area contributed by atoms with E-state index in [0.29, 0.717) is 22.5 Å². The molecule has 0 N–H and O–H groups in total. The van der Waals surface area contributed by atoms with Gasteiger partial charge in [0.05, 0.1) is 64.6 Å². The van der Waals surface area contributed by atoms with Gasteiger partial charge in [0.2, 0.25) is 0 Å². The van der Waals surface area contributed by atoms with E-state index >= 15 is 0 Å². The second-order valence-corrected chi connectivity index (χ2v) is 10.4. The summed E-state index contributed by atoms with van der Waals surface area (Å²) in [4.78, 5) is 66.3. The van der Waals surface area contributed by atoms with Crippen molar-refractivity contribution in [2.45, 2.75) is 12.8 Å². The maximum absolute atomic E-state index is 13.3. The fourth-order valence-electron chi connectivity index (χ4n) is 5.01. The van der Waals surface area contributed by atoms with Crippen molar-refractivity contribution >= 4 is 41.2 Å². The smallest absolute Gasteiger partial charge is 0.337 e. The molecular formula is C32H39N3O10. The lowest BCUT2D eigenvalue weighted by molar-refractivity contribution is -0.155. The van der Waals surface area contributed by atoms with E-state index in [1.807, 2.05) is 6.07 Å². The molecule has 2 rings (SSSR count). The first-order valence-corrected chi connectivity index (χ1v) is 13.8. The highest BCUT2D eigenvalue weighted by molar-refractivity contribution is 5.90. The standard InChI is InChI=1S/C32H39N3O10/c1-34(25-12-8-21(9-13-25)27(36)41-3)18-23(29(38)43-5)16-32(20-33,31(40)45-7)17-24(30(39)44-6)19-35(2)26-14-10-22(11-15-26)28(37)42-4/h8-15,23-24H,16-19H2,1-7H3. The first-order valence-electron chi connectivity index (χ1n) is 13.8. The van der Waals surface area contributed by atoms with E-state index in [4.69, 9.17) is 23.7 Å². The van der Waals surface area contributed by atoms with Crippen LogP contribution in [0.25, 0.3) is 0 Å². The number of anilines is 2. The molecule has 2 unspecified atom stereocenters. The fourth-order valence-corrected chi connectivity index (χ4v) is 5.01. The molecule has 0 radical (unpaired) electrons. The van der Waals surface area contributed by atoms with Crippen LogP contribution in [0.15, 0.2) is 48.5 Å². The first kappa shape index (κ1) is 36.1. The highest BCUT2D eigenvalue weighted by Crippen LogP contribution is 2.37. The van der Waals surface area contributed by atoms with Gasteiger partial charge >= 0.3 is 29.8 Å². The van der Waals surface area contributed by atoms with Gasteiger partial charge in [0, 0.05) is 38.6 Å². The second kappa shape index (κ2) is 16.7. The van der Waals surface area contributed by atoms with Crippen molar-refractivity contribution in [2.75, 3.05) is 72.5 Å². The average molecular weight is 626 g/mol. The molecular weight excluding hydrogens is 586 g/mol. The van der Waals surface area contributed by atoms with Gasteiger partial charge in [-0.2, -0.15) is 5.26 Å². The molecule has 0 bridgehead atoms. The van der Waals surface area contributed by atoms with E-state index in [1.165, 1.54) is 28.4 Å². The van der Waals surface area contributed by atoms with Crippen molar-refractivity contribution in [3.8, 4) is 6.07 Å². The van der Waals surface area contributed by atoms with Gasteiger partial charge in [-0.3, -0.25) is 14.4 Å². The topological polar surface area (TPSA) is 162 Å². The zero-order valence-corrected chi connectivity index (χ0v) is 26.5. The Morgan fingerprint density at radius 3 is 1.27 bits per heavy atom. The van der Waals surface area contributed by atoms with E-state index in [1.54, 1.807) is 72.4 Å². The van der Waals surface area contributed by atoms with Gasteiger partial charge < -0.3 is 33.5 Å². The minimum atomic E-state index is -1.93. The maximum atomic E-state index is 13.3. The van der Waals surface area contributed by atoms with E-state index in [0.717, 1.165) is 7.11 Å². The highest BCUT2D eigenvalue weighted by atomic mass is 16.5.